The molecule has 1 N–H and O–H groups in total. The Labute approximate surface area is 169 Å². The lowest BCUT2D eigenvalue weighted by Gasteiger charge is -2.49. The fraction of sp³-hybridized carbons (Fsp3) is 0.217. The normalized spacial score (nSPS) is 18.3. The van der Waals surface area contributed by atoms with Gasteiger partial charge in [-0.3, -0.25) is 14.5 Å². The van der Waals surface area contributed by atoms with Crippen LogP contribution in [0, 0.1) is 13.8 Å². The maximum atomic E-state index is 13.6. The predicted molar refractivity (Wildman–Crippen MR) is 110 cm³/mol. The van der Waals surface area contributed by atoms with Gasteiger partial charge in [0, 0.05) is 5.69 Å². The molecule has 6 nitrogen and oxygen atoms in total. The molecule has 0 bridgehead atoms. The third-order valence-corrected chi connectivity index (χ3v) is 5.21. The number of β-lactam (4-membered cyclic amide) rings is 1. The number of hydrogen-bond donors (Lipinski definition) is 1. The van der Waals surface area contributed by atoms with Crippen molar-refractivity contribution in [1.82, 2.24) is 0 Å². The molecule has 148 valence electrons. The van der Waals surface area contributed by atoms with Crippen LogP contribution in [-0.2, 0) is 15.1 Å². The van der Waals surface area contributed by atoms with Crippen molar-refractivity contribution in [2.75, 3.05) is 17.3 Å². The summed E-state index contributed by atoms with van der Waals surface area (Å²) in [5.41, 5.74) is 0.989. The van der Waals surface area contributed by atoms with Crippen LogP contribution >= 0.6 is 0 Å². The van der Waals surface area contributed by atoms with Crippen LogP contribution in [0.1, 0.15) is 23.5 Å². The minimum Gasteiger partial charge on any atom is -0.495 e. The first-order valence-electron chi connectivity index (χ1n) is 9.37. The van der Waals surface area contributed by atoms with Gasteiger partial charge in [0.1, 0.15) is 17.3 Å². The molecule has 6 heteroatoms. The van der Waals surface area contributed by atoms with Crippen LogP contribution in [-0.4, -0.2) is 18.9 Å². The van der Waals surface area contributed by atoms with E-state index in [0.29, 0.717) is 28.6 Å². The van der Waals surface area contributed by atoms with Crippen LogP contribution in [0.4, 0.5) is 11.4 Å². The second kappa shape index (κ2) is 7.13. The second-order valence-corrected chi connectivity index (χ2v) is 7.17. The van der Waals surface area contributed by atoms with Crippen LogP contribution in [0.5, 0.6) is 5.75 Å². The zero-order valence-corrected chi connectivity index (χ0v) is 16.6. The molecule has 2 amide bonds. The number of hydrogen-bond acceptors (Lipinski definition) is 4. The molecule has 2 aromatic carbocycles. The number of para-hydroxylation sites is 2. The topological polar surface area (TPSA) is 71.8 Å². The zero-order chi connectivity index (χ0) is 20.6. The number of nitrogens with zero attached hydrogens (tertiary/aromatic N) is 1. The van der Waals surface area contributed by atoms with Gasteiger partial charge in [-0.1, -0.05) is 29.8 Å². The largest absolute Gasteiger partial charge is 0.495 e. The minimum absolute atomic E-state index is 0.0226. The number of nitrogens with one attached hydrogen (secondary N) is 1. The Morgan fingerprint density at radius 2 is 1.79 bits per heavy atom. The average molecular weight is 390 g/mol. The lowest BCUT2D eigenvalue weighted by molar-refractivity contribution is -0.138. The fourth-order valence-electron chi connectivity index (χ4n) is 3.68. The van der Waals surface area contributed by atoms with E-state index in [4.69, 9.17) is 9.15 Å². The third-order valence-electron chi connectivity index (χ3n) is 5.21. The second-order valence-electron chi connectivity index (χ2n) is 7.17. The highest BCUT2D eigenvalue weighted by molar-refractivity contribution is 6.16. The lowest BCUT2D eigenvalue weighted by atomic mass is 9.79. The van der Waals surface area contributed by atoms with Gasteiger partial charge >= 0.3 is 0 Å². The van der Waals surface area contributed by atoms with Gasteiger partial charge in [0.2, 0.25) is 5.91 Å². The van der Waals surface area contributed by atoms with E-state index in [1.807, 2.05) is 50.2 Å². The van der Waals surface area contributed by atoms with Gasteiger partial charge in [0.15, 0.2) is 5.54 Å². The molecule has 1 saturated heterocycles. The van der Waals surface area contributed by atoms with E-state index in [9.17, 15) is 9.59 Å². The van der Waals surface area contributed by atoms with Crippen molar-refractivity contribution in [3.8, 4) is 5.75 Å². The molecule has 1 aliphatic rings. The third kappa shape index (κ3) is 3.06. The molecule has 0 aliphatic carbocycles. The molecule has 0 spiro atoms. The van der Waals surface area contributed by atoms with Gasteiger partial charge in [-0.15, -0.1) is 0 Å². The maximum absolute atomic E-state index is 13.6. The number of methoxy groups -OCH3 is 1. The van der Waals surface area contributed by atoms with Crippen LogP contribution in [0.15, 0.2) is 65.1 Å². The van der Waals surface area contributed by atoms with Gasteiger partial charge < -0.3 is 14.5 Å². The Balaban J connectivity index is 1.78. The Kier molecular flexibility index (Phi) is 4.62. The number of benzene rings is 2. The molecular formula is C23H22N2O4. The van der Waals surface area contributed by atoms with Crippen LogP contribution in [0.25, 0.3) is 0 Å². The Morgan fingerprint density at radius 1 is 1.07 bits per heavy atom. The van der Waals surface area contributed by atoms with E-state index >= 15 is 0 Å². The highest BCUT2D eigenvalue weighted by Gasteiger charge is 2.60. The first kappa shape index (κ1) is 18.8. The molecule has 3 aromatic rings. The van der Waals surface area contributed by atoms with Gasteiger partial charge in [0.25, 0.3) is 5.91 Å². The molecule has 29 heavy (non-hydrogen) atoms. The maximum Gasteiger partial charge on any atom is 0.259 e. The average Bonchev–Trinajstić information content (AvgIpc) is 3.14. The Morgan fingerprint density at radius 3 is 2.41 bits per heavy atom. The number of aryl methyl sites for hydroxylation is 2. The zero-order valence-electron chi connectivity index (χ0n) is 16.6. The Bertz CT molecular complexity index is 1070. The lowest BCUT2D eigenvalue weighted by Crippen LogP contribution is -2.67. The summed E-state index contributed by atoms with van der Waals surface area (Å²) in [6.45, 7) is 3.78. The van der Waals surface area contributed by atoms with Crippen LogP contribution in [0.3, 0.4) is 0 Å². The van der Waals surface area contributed by atoms with E-state index < -0.39 is 5.54 Å². The summed E-state index contributed by atoms with van der Waals surface area (Å²) < 4.78 is 11.2. The molecule has 4 rings (SSSR count). The fourth-order valence-corrected chi connectivity index (χ4v) is 3.68. The van der Waals surface area contributed by atoms with Gasteiger partial charge in [-0.05, 0) is 50.2 Å². The molecule has 0 radical (unpaired) electrons. The van der Waals surface area contributed by atoms with Crippen molar-refractivity contribution in [2.24, 2.45) is 0 Å². The van der Waals surface area contributed by atoms with Gasteiger partial charge in [-0.2, -0.15) is 0 Å². The molecule has 0 saturated carbocycles. The smallest absolute Gasteiger partial charge is 0.259 e. The summed E-state index contributed by atoms with van der Waals surface area (Å²) in [6.07, 6.45) is 0.0226. The first-order valence-corrected chi connectivity index (χ1v) is 9.37. The van der Waals surface area contributed by atoms with Crippen molar-refractivity contribution in [2.45, 2.75) is 25.8 Å². The number of rotatable bonds is 5. The number of amides is 2. The number of anilines is 2. The minimum atomic E-state index is -1.26. The van der Waals surface area contributed by atoms with E-state index in [-0.39, 0.29) is 18.2 Å². The number of carbonyl (C=O) groups is 2. The molecule has 1 aromatic heterocycles. The van der Waals surface area contributed by atoms with E-state index in [2.05, 4.69) is 5.32 Å². The van der Waals surface area contributed by atoms with Crippen molar-refractivity contribution in [3.05, 3.63) is 77.7 Å². The summed E-state index contributed by atoms with van der Waals surface area (Å²) in [5, 5.41) is 2.93. The monoisotopic (exact) mass is 390 g/mol. The summed E-state index contributed by atoms with van der Waals surface area (Å²) in [4.78, 5) is 27.8. The molecule has 2 heterocycles. The molecule has 1 atom stereocenters. The molecule has 0 unspecified atom stereocenters. The predicted octanol–water partition coefficient (Wildman–Crippen LogP) is 4.18. The van der Waals surface area contributed by atoms with E-state index in [1.54, 1.807) is 31.4 Å². The summed E-state index contributed by atoms with van der Waals surface area (Å²) in [6, 6.07) is 18.2. The van der Waals surface area contributed by atoms with Gasteiger partial charge in [0.05, 0.1) is 19.2 Å². The van der Waals surface area contributed by atoms with E-state index in [1.165, 1.54) is 4.90 Å². The van der Waals surface area contributed by atoms with Crippen molar-refractivity contribution >= 4 is 23.2 Å². The standard InChI is InChI=1S/C23H22N2O4/c1-15-8-11-17(12-9-15)25-21(26)14-23(25,20-13-10-16(2)29-20)22(27)24-18-6-4-5-7-19(18)28-3/h4-13H,14H2,1-3H3,(H,24,27)/t23-/m0/s1. The number of ether oxygens (including phenoxy) is 1. The SMILES string of the molecule is COc1ccccc1NC(=O)[C@@]1(c2ccc(C)o2)CC(=O)N1c1ccc(C)cc1. The Hall–Kier alpha value is -3.54. The van der Waals surface area contributed by atoms with Crippen LogP contribution in [0.2, 0.25) is 0 Å². The molecule has 1 aliphatic heterocycles. The van der Waals surface area contributed by atoms with Crippen molar-refractivity contribution in [3.63, 3.8) is 0 Å². The summed E-state index contributed by atoms with van der Waals surface area (Å²) in [5.74, 6) is 1.16. The van der Waals surface area contributed by atoms with Gasteiger partial charge in [-0.25, -0.2) is 0 Å². The van der Waals surface area contributed by atoms with Crippen molar-refractivity contribution in [1.29, 1.82) is 0 Å². The number of carbonyl (C=O) groups excluding carboxylic acids is 2. The quantitative estimate of drug-likeness (QED) is 0.664. The number of furan rings is 1. The summed E-state index contributed by atoms with van der Waals surface area (Å²) in [7, 11) is 1.54. The molecular weight excluding hydrogens is 368 g/mol. The molecule has 1 fully saturated rings. The van der Waals surface area contributed by atoms with Crippen molar-refractivity contribution < 1.29 is 18.7 Å². The van der Waals surface area contributed by atoms with E-state index in [0.717, 1.165) is 5.56 Å². The van der Waals surface area contributed by atoms with Crippen LogP contribution < -0.4 is 15.0 Å². The summed E-state index contributed by atoms with van der Waals surface area (Å²) >= 11 is 0. The first-order chi connectivity index (χ1) is 14.0. The highest BCUT2D eigenvalue weighted by atomic mass is 16.5. The highest BCUT2D eigenvalue weighted by Crippen LogP contribution is 2.46.